The smallest absolute Gasteiger partial charge is 0.134 e. The molecule has 2 rings (SSSR count). The second-order valence-corrected chi connectivity index (χ2v) is 5.19. The zero-order valence-electron chi connectivity index (χ0n) is 13.3. The molecule has 0 fully saturated rings. The van der Waals surface area contributed by atoms with Gasteiger partial charge in [0.25, 0.3) is 0 Å². The summed E-state index contributed by atoms with van der Waals surface area (Å²) >= 11 is 0. The fraction of sp³-hybridized carbons (Fsp3) is 0.412. The third-order valence-corrected chi connectivity index (χ3v) is 3.49. The second-order valence-electron chi connectivity index (χ2n) is 5.19. The van der Waals surface area contributed by atoms with Gasteiger partial charge in [0.05, 0.1) is 0 Å². The number of nitrogens with one attached hydrogen (secondary N) is 1. The number of anilines is 2. The highest BCUT2D eigenvalue weighted by Gasteiger charge is 2.09. The molecular formula is C17H24N4. The largest absolute Gasteiger partial charge is 0.370 e. The molecule has 4 heteroatoms. The lowest BCUT2D eigenvalue weighted by molar-refractivity contribution is 0.854. The summed E-state index contributed by atoms with van der Waals surface area (Å²) in [5, 5.41) is 3.27. The van der Waals surface area contributed by atoms with Crippen molar-refractivity contribution in [2.45, 2.75) is 33.7 Å². The Balaban J connectivity index is 2.23. The molecule has 4 nitrogen and oxygen atoms in total. The number of hydrogen-bond acceptors (Lipinski definition) is 4. The molecule has 0 saturated carbocycles. The fourth-order valence-electron chi connectivity index (χ4n) is 2.23. The summed E-state index contributed by atoms with van der Waals surface area (Å²) in [6, 6.07) is 10.5. The Morgan fingerprint density at radius 1 is 1.14 bits per heavy atom. The quantitative estimate of drug-likeness (QED) is 0.882. The van der Waals surface area contributed by atoms with Gasteiger partial charge in [-0.3, -0.25) is 0 Å². The van der Waals surface area contributed by atoms with Crippen LogP contribution in [0.25, 0.3) is 0 Å². The van der Waals surface area contributed by atoms with E-state index in [0.29, 0.717) is 0 Å². The van der Waals surface area contributed by atoms with Crippen LogP contribution in [0.1, 0.15) is 30.8 Å². The minimum Gasteiger partial charge on any atom is -0.370 e. The summed E-state index contributed by atoms with van der Waals surface area (Å²) in [7, 11) is 2.07. The monoisotopic (exact) mass is 284 g/mol. The van der Waals surface area contributed by atoms with Crippen LogP contribution < -0.4 is 10.2 Å². The van der Waals surface area contributed by atoms with E-state index in [9.17, 15) is 0 Å². The van der Waals surface area contributed by atoms with Gasteiger partial charge in [0.1, 0.15) is 17.5 Å². The molecule has 0 spiro atoms. The van der Waals surface area contributed by atoms with E-state index in [1.165, 1.54) is 11.1 Å². The van der Waals surface area contributed by atoms with Crippen LogP contribution in [0.15, 0.2) is 30.3 Å². The van der Waals surface area contributed by atoms with Crippen molar-refractivity contribution < 1.29 is 0 Å². The van der Waals surface area contributed by atoms with Gasteiger partial charge in [0, 0.05) is 32.6 Å². The topological polar surface area (TPSA) is 41.0 Å². The van der Waals surface area contributed by atoms with Gasteiger partial charge >= 0.3 is 0 Å². The normalized spacial score (nSPS) is 10.5. The van der Waals surface area contributed by atoms with Crippen molar-refractivity contribution in [3.05, 3.63) is 47.3 Å². The molecule has 1 N–H and O–H groups in total. The van der Waals surface area contributed by atoms with E-state index in [1.807, 2.05) is 6.07 Å². The standard InChI is InChI=1S/C17H24N4/c1-5-15-19-16(18-6-2)11-17(20-15)21(4)12-14-10-8-7-9-13(14)3/h7-11H,5-6,12H2,1-4H3,(H,18,19,20). The SMILES string of the molecule is CCNc1cc(N(C)Cc2ccccc2C)nc(CC)n1. The van der Waals surface area contributed by atoms with Crippen molar-refractivity contribution in [3.8, 4) is 0 Å². The van der Waals surface area contributed by atoms with E-state index in [4.69, 9.17) is 0 Å². The molecule has 0 bridgehead atoms. The summed E-state index contributed by atoms with van der Waals surface area (Å²) in [4.78, 5) is 11.3. The van der Waals surface area contributed by atoms with Crippen LogP contribution in [0, 0.1) is 6.92 Å². The summed E-state index contributed by atoms with van der Waals surface area (Å²) in [6.07, 6.45) is 0.838. The average Bonchev–Trinajstić information content (AvgIpc) is 2.49. The molecule has 1 aromatic carbocycles. The minimum atomic E-state index is 0.838. The van der Waals surface area contributed by atoms with Gasteiger partial charge in [-0.05, 0) is 25.0 Å². The highest BCUT2D eigenvalue weighted by Crippen LogP contribution is 2.18. The molecule has 0 aliphatic heterocycles. The van der Waals surface area contributed by atoms with Gasteiger partial charge in [0.2, 0.25) is 0 Å². The number of aromatic nitrogens is 2. The summed E-state index contributed by atoms with van der Waals surface area (Å²) < 4.78 is 0. The maximum Gasteiger partial charge on any atom is 0.134 e. The van der Waals surface area contributed by atoms with Crippen LogP contribution in [-0.2, 0) is 13.0 Å². The molecule has 0 aliphatic carbocycles. The first-order valence-electron chi connectivity index (χ1n) is 7.51. The van der Waals surface area contributed by atoms with Crippen LogP contribution in [-0.4, -0.2) is 23.6 Å². The first kappa shape index (κ1) is 15.3. The van der Waals surface area contributed by atoms with E-state index in [1.54, 1.807) is 0 Å². The van der Waals surface area contributed by atoms with Gasteiger partial charge < -0.3 is 10.2 Å². The number of nitrogens with zero attached hydrogens (tertiary/aromatic N) is 3. The van der Waals surface area contributed by atoms with Crippen LogP contribution in [0.5, 0.6) is 0 Å². The maximum absolute atomic E-state index is 4.63. The Labute approximate surface area is 127 Å². The highest BCUT2D eigenvalue weighted by molar-refractivity contribution is 5.49. The van der Waals surface area contributed by atoms with Crippen molar-refractivity contribution in [2.75, 3.05) is 23.8 Å². The van der Waals surface area contributed by atoms with Crippen LogP contribution in [0.2, 0.25) is 0 Å². The lowest BCUT2D eigenvalue weighted by atomic mass is 10.1. The summed E-state index contributed by atoms with van der Waals surface area (Å²) in [5.74, 6) is 2.73. The maximum atomic E-state index is 4.63. The summed E-state index contributed by atoms with van der Waals surface area (Å²) in [5.41, 5.74) is 2.63. The minimum absolute atomic E-state index is 0.838. The number of aryl methyl sites for hydroxylation is 2. The Morgan fingerprint density at radius 3 is 2.57 bits per heavy atom. The zero-order chi connectivity index (χ0) is 15.2. The van der Waals surface area contributed by atoms with Gasteiger partial charge in [-0.15, -0.1) is 0 Å². The average molecular weight is 284 g/mol. The third kappa shape index (κ3) is 3.94. The van der Waals surface area contributed by atoms with Crippen molar-refractivity contribution >= 4 is 11.6 Å². The molecule has 0 unspecified atom stereocenters. The molecule has 2 aromatic rings. The predicted molar refractivity (Wildman–Crippen MR) is 88.9 cm³/mol. The summed E-state index contributed by atoms with van der Waals surface area (Å²) in [6.45, 7) is 8.00. The molecule has 112 valence electrons. The lowest BCUT2D eigenvalue weighted by Gasteiger charge is -2.20. The number of benzene rings is 1. The van der Waals surface area contributed by atoms with Crippen LogP contribution >= 0.6 is 0 Å². The van der Waals surface area contributed by atoms with Gasteiger partial charge in [-0.2, -0.15) is 0 Å². The molecule has 0 atom stereocenters. The van der Waals surface area contributed by atoms with Crippen molar-refractivity contribution in [1.29, 1.82) is 0 Å². The molecule has 0 amide bonds. The number of rotatable bonds is 6. The van der Waals surface area contributed by atoms with E-state index >= 15 is 0 Å². The Hall–Kier alpha value is -2.10. The van der Waals surface area contributed by atoms with Gasteiger partial charge in [-0.1, -0.05) is 31.2 Å². The highest BCUT2D eigenvalue weighted by atomic mass is 15.2. The number of hydrogen-bond donors (Lipinski definition) is 1. The molecule has 0 aliphatic rings. The van der Waals surface area contributed by atoms with E-state index in [2.05, 4.69) is 72.3 Å². The van der Waals surface area contributed by atoms with Crippen LogP contribution in [0.3, 0.4) is 0 Å². The van der Waals surface area contributed by atoms with Gasteiger partial charge in [-0.25, -0.2) is 9.97 Å². The van der Waals surface area contributed by atoms with Gasteiger partial charge in [0.15, 0.2) is 0 Å². The first-order valence-corrected chi connectivity index (χ1v) is 7.51. The second kappa shape index (κ2) is 7.07. The van der Waals surface area contributed by atoms with Crippen LogP contribution in [0.4, 0.5) is 11.6 Å². The first-order chi connectivity index (χ1) is 10.1. The zero-order valence-corrected chi connectivity index (χ0v) is 13.3. The molecule has 0 saturated heterocycles. The Morgan fingerprint density at radius 2 is 1.90 bits per heavy atom. The van der Waals surface area contributed by atoms with E-state index < -0.39 is 0 Å². The molecule has 21 heavy (non-hydrogen) atoms. The fourth-order valence-corrected chi connectivity index (χ4v) is 2.23. The lowest BCUT2D eigenvalue weighted by Crippen LogP contribution is -2.19. The van der Waals surface area contributed by atoms with E-state index in [0.717, 1.165) is 37.0 Å². The van der Waals surface area contributed by atoms with Crippen molar-refractivity contribution in [2.24, 2.45) is 0 Å². The van der Waals surface area contributed by atoms with Crippen molar-refractivity contribution in [3.63, 3.8) is 0 Å². The third-order valence-electron chi connectivity index (χ3n) is 3.49. The predicted octanol–water partition coefficient (Wildman–Crippen LogP) is 3.42. The van der Waals surface area contributed by atoms with E-state index in [-0.39, 0.29) is 0 Å². The molecular weight excluding hydrogens is 260 g/mol. The Bertz CT molecular complexity index is 595. The molecule has 1 aromatic heterocycles. The van der Waals surface area contributed by atoms with Crippen molar-refractivity contribution in [1.82, 2.24) is 9.97 Å². The Kier molecular flexibility index (Phi) is 5.14. The molecule has 0 radical (unpaired) electrons. The molecule has 1 heterocycles.